The maximum absolute atomic E-state index is 11.5. The van der Waals surface area contributed by atoms with E-state index in [0.717, 1.165) is 0 Å². The van der Waals surface area contributed by atoms with E-state index in [0.29, 0.717) is 17.5 Å². The number of ether oxygens (including phenoxy) is 2. The van der Waals surface area contributed by atoms with E-state index in [4.69, 9.17) is 14.6 Å². The summed E-state index contributed by atoms with van der Waals surface area (Å²) in [5.74, 6) is 0.103. The second kappa shape index (κ2) is 6.17. The van der Waals surface area contributed by atoms with Gasteiger partial charge in [0.25, 0.3) is 5.56 Å². The summed E-state index contributed by atoms with van der Waals surface area (Å²) in [6, 6.07) is 2.80. The zero-order valence-electron chi connectivity index (χ0n) is 10.1. The molecule has 0 amide bonds. The van der Waals surface area contributed by atoms with Crippen molar-refractivity contribution in [1.29, 1.82) is 0 Å². The largest absolute Gasteiger partial charge is 0.504 e. The molecule has 0 bridgehead atoms. The van der Waals surface area contributed by atoms with Crippen LogP contribution in [0.5, 0.6) is 11.5 Å². The third kappa shape index (κ3) is 3.21. The highest BCUT2D eigenvalue weighted by molar-refractivity contribution is 5.81. The van der Waals surface area contributed by atoms with Gasteiger partial charge >= 0.3 is 0 Å². The smallest absolute Gasteiger partial charge is 0.258 e. The van der Waals surface area contributed by atoms with E-state index in [1.165, 1.54) is 18.5 Å². The minimum absolute atomic E-state index is 0.0477. The fourth-order valence-electron chi connectivity index (χ4n) is 1.58. The van der Waals surface area contributed by atoms with E-state index < -0.39 is 0 Å². The summed E-state index contributed by atoms with van der Waals surface area (Å²) in [7, 11) is 0. The Balaban J connectivity index is 2.11. The number of benzene rings is 1. The van der Waals surface area contributed by atoms with Gasteiger partial charge in [0.1, 0.15) is 6.61 Å². The molecule has 1 aromatic heterocycles. The number of H-pyrrole nitrogens is 1. The van der Waals surface area contributed by atoms with Gasteiger partial charge in [-0.05, 0) is 6.07 Å². The highest BCUT2D eigenvalue weighted by atomic mass is 16.5. The lowest BCUT2D eigenvalue weighted by Gasteiger charge is -2.09. The number of phenolic OH excluding ortho intramolecular Hbond substituents is 1. The molecule has 0 aliphatic carbocycles. The van der Waals surface area contributed by atoms with Crippen molar-refractivity contribution in [1.82, 2.24) is 9.97 Å². The molecule has 102 valence electrons. The molecular formula is C12H14N2O5. The Morgan fingerprint density at radius 3 is 2.89 bits per heavy atom. The van der Waals surface area contributed by atoms with Crippen molar-refractivity contribution >= 4 is 10.9 Å². The van der Waals surface area contributed by atoms with Gasteiger partial charge in [0.2, 0.25) is 0 Å². The fourth-order valence-corrected chi connectivity index (χ4v) is 1.58. The van der Waals surface area contributed by atoms with Crippen molar-refractivity contribution in [3.63, 3.8) is 0 Å². The lowest BCUT2D eigenvalue weighted by molar-refractivity contribution is 0.0699. The number of aliphatic hydroxyl groups is 1. The third-order valence-corrected chi connectivity index (χ3v) is 2.44. The van der Waals surface area contributed by atoms with Crippen LogP contribution in [0.3, 0.4) is 0 Å². The molecule has 19 heavy (non-hydrogen) atoms. The van der Waals surface area contributed by atoms with Gasteiger partial charge in [-0.3, -0.25) is 4.79 Å². The molecule has 0 spiro atoms. The number of phenols is 1. The molecule has 0 saturated heterocycles. The number of aromatic nitrogens is 2. The monoisotopic (exact) mass is 266 g/mol. The average Bonchev–Trinajstić information content (AvgIpc) is 2.40. The van der Waals surface area contributed by atoms with Gasteiger partial charge in [0, 0.05) is 6.07 Å². The van der Waals surface area contributed by atoms with Crippen molar-refractivity contribution in [2.75, 3.05) is 26.4 Å². The Morgan fingerprint density at radius 1 is 1.26 bits per heavy atom. The topological polar surface area (TPSA) is 105 Å². The van der Waals surface area contributed by atoms with Crippen molar-refractivity contribution in [2.24, 2.45) is 0 Å². The molecule has 7 nitrogen and oxygen atoms in total. The Labute approximate surface area is 108 Å². The predicted molar refractivity (Wildman–Crippen MR) is 67.4 cm³/mol. The third-order valence-electron chi connectivity index (χ3n) is 2.44. The van der Waals surface area contributed by atoms with Gasteiger partial charge < -0.3 is 24.7 Å². The molecule has 2 aromatic rings. The molecule has 0 aliphatic heterocycles. The Kier molecular flexibility index (Phi) is 4.32. The van der Waals surface area contributed by atoms with Crippen LogP contribution >= 0.6 is 0 Å². The number of hydrogen-bond acceptors (Lipinski definition) is 6. The van der Waals surface area contributed by atoms with E-state index in [2.05, 4.69) is 9.97 Å². The zero-order chi connectivity index (χ0) is 13.7. The van der Waals surface area contributed by atoms with Gasteiger partial charge in [0.15, 0.2) is 11.5 Å². The molecule has 0 aliphatic rings. The van der Waals surface area contributed by atoms with Gasteiger partial charge in [-0.15, -0.1) is 0 Å². The molecule has 0 fully saturated rings. The summed E-state index contributed by atoms with van der Waals surface area (Å²) in [6.07, 6.45) is 1.29. The first-order valence-corrected chi connectivity index (χ1v) is 5.74. The van der Waals surface area contributed by atoms with E-state index in [-0.39, 0.29) is 36.9 Å². The standard InChI is InChI=1S/C12H14N2O5/c15-1-2-18-3-4-19-11-6-9-8(5-10(11)16)12(17)14-7-13-9/h5-7,15-16H,1-4H2,(H,13,14,17). The summed E-state index contributed by atoms with van der Waals surface area (Å²) in [6.45, 7) is 0.709. The molecule has 0 atom stereocenters. The van der Waals surface area contributed by atoms with Crippen LogP contribution in [0.1, 0.15) is 0 Å². The quantitative estimate of drug-likeness (QED) is 0.636. The van der Waals surface area contributed by atoms with Crippen LogP contribution in [0.15, 0.2) is 23.3 Å². The highest BCUT2D eigenvalue weighted by Gasteiger charge is 2.08. The van der Waals surface area contributed by atoms with E-state index in [1.54, 1.807) is 0 Å². The first-order chi connectivity index (χ1) is 9.22. The summed E-state index contributed by atoms with van der Waals surface area (Å²) in [5, 5.41) is 18.6. The van der Waals surface area contributed by atoms with Crippen molar-refractivity contribution in [3.8, 4) is 11.5 Å². The maximum atomic E-state index is 11.5. The number of hydrogen-bond donors (Lipinski definition) is 3. The SMILES string of the molecule is O=c1[nH]cnc2cc(OCCOCCO)c(O)cc12. The number of nitrogens with zero attached hydrogens (tertiary/aromatic N) is 1. The second-order valence-corrected chi connectivity index (χ2v) is 3.75. The van der Waals surface area contributed by atoms with Crippen LogP contribution in [0.4, 0.5) is 0 Å². The van der Waals surface area contributed by atoms with Crippen molar-refractivity contribution < 1.29 is 19.7 Å². The highest BCUT2D eigenvalue weighted by Crippen LogP contribution is 2.28. The van der Waals surface area contributed by atoms with Gasteiger partial charge in [-0.25, -0.2) is 4.98 Å². The number of aromatic amines is 1. The summed E-state index contributed by atoms with van der Waals surface area (Å²) in [5.41, 5.74) is 0.117. The molecule has 3 N–H and O–H groups in total. The van der Waals surface area contributed by atoms with Gasteiger partial charge in [-0.2, -0.15) is 0 Å². The van der Waals surface area contributed by atoms with Crippen molar-refractivity contribution in [3.05, 3.63) is 28.8 Å². The minimum atomic E-state index is -0.321. The number of nitrogens with one attached hydrogen (secondary N) is 1. The molecular weight excluding hydrogens is 252 g/mol. The summed E-state index contributed by atoms with van der Waals surface area (Å²) in [4.78, 5) is 17.9. The maximum Gasteiger partial charge on any atom is 0.258 e. The lowest BCUT2D eigenvalue weighted by atomic mass is 10.2. The minimum Gasteiger partial charge on any atom is -0.504 e. The normalized spacial score (nSPS) is 10.8. The van der Waals surface area contributed by atoms with E-state index >= 15 is 0 Å². The average molecular weight is 266 g/mol. The molecule has 0 radical (unpaired) electrons. The van der Waals surface area contributed by atoms with E-state index in [9.17, 15) is 9.90 Å². The summed E-state index contributed by atoms with van der Waals surface area (Å²) < 4.78 is 10.3. The fraction of sp³-hybridized carbons (Fsp3) is 0.333. The molecule has 1 heterocycles. The predicted octanol–water partition coefficient (Wildman–Crippen LogP) is 0.0164. The lowest BCUT2D eigenvalue weighted by Crippen LogP contribution is -2.10. The molecule has 0 unspecified atom stereocenters. The van der Waals surface area contributed by atoms with Gasteiger partial charge in [-0.1, -0.05) is 0 Å². The Hall–Kier alpha value is -2.12. The second-order valence-electron chi connectivity index (χ2n) is 3.75. The number of fused-ring (bicyclic) bond motifs is 1. The molecule has 2 rings (SSSR count). The molecule has 1 aromatic carbocycles. The zero-order valence-corrected chi connectivity index (χ0v) is 10.1. The Bertz CT molecular complexity index is 611. The number of aromatic hydroxyl groups is 1. The van der Waals surface area contributed by atoms with Crippen LogP contribution in [0.2, 0.25) is 0 Å². The van der Waals surface area contributed by atoms with Crippen LogP contribution in [0, 0.1) is 0 Å². The van der Waals surface area contributed by atoms with Crippen molar-refractivity contribution in [2.45, 2.75) is 0 Å². The number of rotatable bonds is 6. The Morgan fingerprint density at radius 2 is 2.11 bits per heavy atom. The first-order valence-electron chi connectivity index (χ1n) is 5.74. The van der Waals surface area contributed by atoms with Crippen LogP contribution in [-0.4, -0.2) is 46.6 Å². The van der Waals surface area contributed by atoms with Crippen LogP contribution in [-0.2, 0) is 4.74 Å². The van der Waals surface area contributed by atoms with Crippen LogP contribution in [0.25, 0.3) is 10.9 Å². The first kappa shape index (κ1) is 13.3. The summed E-state index contributed by atoms with van der Waals surface area (Å²) >= 11 is 0. The number of aliphatic hydroxyl groups excluding tert-OH is 1. The van der Waals surface area contributed by atoms with E-state index in [1.807, 2.05) is 0 Å². The molecule has 7 heteroatoms. The van der Waals surface area contributed by atoms with Crippen LogP contribution < -0.4 is 10.3 Å². The van der Waals surface area contributed by atoms with Gasteiger partial charge in [0.05, 0.1) is 37.1 Å². The molecule has 0 saturated carbocycles.